The van der Waals surface area contributed by atoms with E-state index < -0.39 is 0 Å². The third-order valence-electron chi connectivity index (χ3n) is 2.50. The van der Waals surface area contributed by atoms with E-state index in [0.717, 1.165) is 16.9 Å². The number of ether oxygens (including phenoxy) is 1. The average molecular weight is 249 g/mol. The van der Waals surface area contributed by atoms with Gasteiger partial charge in [0.2, 0.25) is 0 Å². The molecular weight excluding hydrogens is 236 g/mol. The Kier molecular flexibility index (Phi) is 3.55. The third-order valence-corrected chi connectivity index (χ3v) is 2.82. The Morgan fingerprint density at radius 1 is 1.18 bits per heavy atom. The van der Waals surface area contributed by atoms with Crippen LogP contribution in [0.4, 0.5) is 0 Å². The predicted molar refractivity (Wildman–Crippen MR) is 68.6 cm³/mol. The van der Waals surface area contributed by atoms with Gasteiger partial charge in [-0.1, -0.05) is 35.9 Å². The Balaban J connectivity index is 2.08. The summed E-state index contributed by atoms with van der Waals surface area (Å²) < 4.78 is 5.66. The lowest BCUT2D eigenvalue weighted by atomic mass is 10.2. The summed E-state index contributed by atoms with van der Waals surface area (Å²) in [5, 5.41) is 9.82. The molecule has 0 aliphatic heterocycles. The maximum atomic E-state index is 9.46. The molecule has 2 aromatic rings. The average Bonchev–Trinajstić information content (AvgIpc) is 2.32. The standard InChI is InChI=1S/C14H13ClO2/c1-10-4-2-3-5-14(10)17-9-11-6-7-12(15)13(16)8-11/h2-8,16H,9H2,1H3. The van der Waals surface area contributed by atoms with Gasteiger partial charge < -0.3 is 9.84 Å². The highest BCUT2D eigenvalue weighted by Crippen LogP contribution is 2.25. The molecule has 2 rings (SSSR count). The van der Waals surface area contributed by atoms with E-state index in [1.807, 2.05) is 37.3 Å². The van der Waals surface area contributed by atoms with Crippen molar-refractivity contribution in [2.24, 2.45) is 0 Å². The first-order valence-electron chi connectivity index (χ1n) is 5.32. The lowest BCUT2D eigenvalue weighted by Gasteiger charge is -2.09. The highest BCUT2D eigenvalue weighted by atomic mass is 35.5. The molecule has 2 nitrogen and oxygen atoms in total. The molecule has 2 aromatic carbocycles. The summed E-state index contributed by atoms with van der Waals surface area (Å²) in [4.78, 5) is 0. The zero-order chi connectivity index (χ0) is 12.3. The van der Waals surface area contributed by atoms with Gasteiger partial charge in [0.25, 0.3) is 0 Å². The van der Waals surface area contributed by atoms with Gasteiger partial charge in [0.15, 0.2) is 0 Å². The Labute approximate surface area is 105 Å². The quantitative estimate of drug-likeness (QED) is 0.892. The van der Waals surface area contributed by atoms with Gasteiger partial charge in [0.1, 0.15) is 18.1 Å². The van der Waals surface area contributed by atoms with Crippen LogP contribution in [-0.4, -0.2) is 5.11 Å². The number of benzene rings is 2. The zero-order valence-corrected chi connectivity index (χ0v) is 10.2. The van der Waals surface area contributed by atoms with Crippen LogP contribution in [0, 0.1) is 6.92 Å². The molecule has 0 spiro atoms. The monoisotopic (exact) mass is 248 g/mol. The molecule has 0 bridgehead atoms. The number of hydrogen-bond acceptors (Lipinski definition) is 2. The first-order chi connectivity index (χ1) is 8.16. The molecule has 0 fully saturated rings. The van der Waals surface area contributed by atoms with Gasteiger partial charge >= 0.3 is 0 Å². The van der Waals surface area contributed by atoms with Crippen LogP contribution in [0.2, 0.25) is 5.02 Å². The molecule has 3 heteroatoms. The molecule has 1 N–H and O–H groups in total. The number of aromatic hydroxyl groups is 1. The van der Waals surface area contributed by atoms with Gasteiger partial charge in [-0.15, -0.1) is 0 Å². The fraction of sp³-hybridized carbons (Fsp3) is 0.143. The summed E-state index contributed by atoms with van der Waals surface area (Å²) in [5.41, 5.74) is 1.97. The van der Waals surface area contributed by atoms with E-state index in [0.29, 0.717) is 11.6 Å². The van der Waals surface area contributed by atoms with Crippen LogP contribution < -0.4 is 4.74 Å². The normalized spacial score (nSPS) is 10.2. The summed E-state index contributed by atoms with van der Waals surface area (Å²) in [7, 11) is 0. The number of rotatable bonds is 3. The fourth-order valence-electron chi connectivity index (χ4n) is 1.53. The molecule has 0 aromatic heterocycles. The maximum absolute atomic E-state index is 9.46. The number of phenolic OH excluding ortho intramolecular Hbond substituents is 1. The van der Waals surface area contributed by atoms with Gasteiger partial charge in [-0.2, -0.15) is 0 Å². The van der Waals surface area contributed by atoms with Crippen LogP contribution in [0.15, 0.2) is 42.5 Å². The Hall–Kier alpha value is -1.67. The van der Waals surface area contributed by atoms with Crippen LogP contribution >= 0.6 is 11.6 Å². The molecule has 0 aliphatic carbocycles. The summed E-state index contributed by atoms with van der Waals surface area (Å²) in [6.45, 7) is 2.41. The van der Waals surface area contributed by atoms with Crippen LogP contribution in [-0.2, 0) is 6.61 Å². The number of para-hydroxylation sites is 1. The Bertz CT molecular complexity index is 523. The van der Waals surface area contributed by atoms with E-state index in [9.17, 15) is 5.11 Å². The van der Waals surface area contributed by atoms with Gasteiger partial charge in [0, 0.05) is 0 Å². The van der Waals surface area contributed by atoms with Gasteiger partial charge in [-0.3, -0.25) is 0 Å². The van der Waals surface area contributed by atoms with Crippen molar-refractivity contribution in [2.45, 2.75) is 13.5 Å². The fourth-order valence-corrected chi connectivity index (χ4v) is 1.65. The first-order valence-corrected chi connectivity index (χ1v) is 5.70. The van der Waals surface area contributed by atoms with E-state index in [4.69, 9.17) is 16.3 Å². The summed E-state index contributed by atoms with van der Waals surface area (Å²) in [6.07, 6.45) is 0. The van der Waals surface area contributed by atoms with Gasteiger partial charge in [0.05, 0.1) is 5.02 Å². The summed E-state index contributed by atoms with van der Waals surface area (Å²) >= 11 is 5.73. The number of aryl methyl sites for hydroxylation is 1. The SMILES string of the molecule is Cc1ccccc1OCc1ccc(Cl)c(O)c1. The second-order valence-corrected chi connectivity index (χ2v) is 4.25. The van der Waals surface area contributed by atoms with Crippen molar-refractivity contribution in [3.05, 3.63) is 58.6 Å². The minimum atomic E-state index is 0.0811. The van der Waals surface area contributed by atoms with Crippen molar-refractivity contribution in [3.8, 4) is 11.5 Å². The molecule has 0 radical (unpaired) electrons. The van der Waals surface area contributed by atoms with Crippen LogP contribution in [0.1, 0.15) is 11.1 Å². The van der Waals surface area contributed by atoms with E-state index in [1.165, 1.54) is 0 Å². The second kappa shape index (κ2) is 5.11. The number of halogens is 1. The minimum Gasteiger partial charge on any atom is -0.506 e. The molecule has 0 heterocycles. The van der Waals surface area contributed by atoms with Gasteiger partial charge in [-0.25, -0.2) is 0 Å². The Morgan fingerprint density at radius 3 is 2.65 bits per heavy atom. The summed E-state index contributed by atoms with van der Waals surface area (Å²) in [5.74, 6) is 0.930. The van der Waals surface area contributed by atoms with Crippen molar-refractivity contribution in [2.75, 3.05) is 0 Å². The lowest BCUT2D eigenvalue weighted by molar-refractivity contribution is 0.303. The van der Waals surface area contributed by atoms with Crippen molar-refractivity contribution >= 4 is 11.6 Å². The van der Waals surface area contributed by atoms with Crippen LogP contribution in [0.5, 0.6) is 11.5 Å². The molecule has 0 amide bonds. The van der Waals surface area contributed by atoms with Crippen molar-refractivity contribution in [1.82, 2.24) is 0 Å². The number of hydrogen-bond donors (Lipinski definition) is 1. The van der Waals surface area contributed by atoms with E-state index in [2.05, 4.69) is 0 Å². The van der Waals surface area contributed by atoms with Crippen LogP contribution in [0.3, 0.4) is 0 Å². The predicted octanol–water partition coefficient (Wildman–Crippen LogP) is 3.93. The second-order valence-electron chi connectivity index (χ2n) is 3.84. The van der Waals surface area contributed by atoms with E-state index in [-0.39, 0.29) is 5.75 Å². The highest BCUT2D eigenvalue weighted by molar-refractivity contribution is 6.31. The van der Waals surface area contributed by atoms with Crippen molar-refractivity contribution in [1.29, 1.82) is 0 Å². The van der Waals surface area contributed by atoms with Crippen LogP contribution in [0.25, 0.3) is 0 Å². The smallest absolute Gasteiger partial charge is 0.134 e. The van der Waals surface area contributed by atoms with Crippen molar-refractivity contribution < 1.29 is 9.84 Å². The molecule has 17 heavy (non-hydrogen) atoms. The molecule has 0 atom stereocenters. The lowest BCUT2D eigenvalue weighted by Crippen LogP contribution is -1.96. The van der Waals surface area contributed by atoms with E-state index in [1.54, 1.807) is 12.1 Å². The van der Waals surface area contributed by atoms with E-state index >= 15 is 0 Å². The highest BCUT2D eigenvalue weighted by Gasteiger charge is 2.02. The molecule has 0 saturated carbocycles. The summed E-state index contributed by atoms with van der Waals surface area (Å²) in [6, 6.07) is 12.9. The molecule has 0 unspecified atom stereocenters. The zero-order valence-electron chi connectivity index (χ0n) is 9.48. The van der Waals surface area contributed by atoms with Gasteiger partial charge in [-0.05, 0) is 36.2 Å². The minimum absolute atomic E-state index is 0.0811. The maximum Gasteiger partial charge on any atom is 0.134 e. The first kappa shape index (κ1) is 11.8. The molecule has 0 aliphatic rings. The van der Waals surface area contributed by atoms with Crippen molar-refractivity contribution in [3.63, 3.8) is 0 Å². The molecular formula is C14H13ClO2. The third kappa shape index (κ3) is 2.92. The molecule has 88 valence electrons. The number of phenols is 1. The molecule has 0 saturated heterocycles. The topological polar surface area (TPSA) is 29.5 Å². The largest absolute Gasteiger partial charge is 0.506 e. The Morgan fingerprint density at radius 2 is 1.94 bits per heavy atom.